The van der Waals surface area contributed by atoms with Crippen LogP contribution in [0, 0.1) is 5.82 Å². The maximum atomic E-state index is 12.9. The van der Waals surface area contributed by atoms with E-state index in [0.29, 0.717) is 51.4 Å². The molecule has 1 unspecified atom stereocenters. The number of nitrogens with one attached hydrogen (secondary N) is 1. The number of amides is 2. The Morgan fingerprint density at radius 2 is 1.76 bits per heavy atom. The van der Waals surface area contributed by atoms with Gasteiger partial charge in [-0.2, -0.15) is 0 Å². The first-order valence-corrected chi connectivity index (χ1v) is 8.27. The van der Waals surface area contributed by atoms with Gasteiger partial charge in [0.05, 0.1) is 13.2 Å². The molecule has 0 radical (unpaired) electrons. The molecule has 0 spiro atoms. The van der Waals surface area contributed by atoms with E-state index in [9.17, 15) is 14.0 Å². The zero-order chi connectivity index (χ0) is 16.9. The highest BCUT2D eigenvalue weighted by Gasteiger charge is 2.26. The molecule has 2 amide bonds. The minimum Gasteiger partial charge on any atom is -0.378 e. The average Bonchev–Trinajstić information content (AvgIpc) is 2.63. The number of morpholine rings is 1. The van der Waals surface area contributed by atoms with Crippen molar-refractivity contribution in [1.82, 2.24) is 15.1 Å². The molecule has 1 aromatic rings. The second-order valence-electron chi connectivity index (χ2n) is 6.11. The first kappa shape index (κ1) is 19.6. The van der Waals surface area contributed by atoms with Crippen molar-refractivity contribution in [2.45, 2.75) is 12.5 Å². The van der Waals surface area contributed by atoms with Gasteiger partial charge in [-0.1, -0.05) is 0 Å². The Labute approximate surface area is 152 Å². The Morgan fingerprint density at radius 3 is 2.36 bits per heavy atom. The van der Waals surface area contributed by atoms with Gasteiger partial charge in [0.1, 0.15) is 5.82 Å². The third-order valence-corrected chi connectivity index (χ3v) is 4.43. The van der Waals surface area contributed by atoms with Crippen molar-refractivity contribution in [2.75, 3.05) is 45.9 Å². The molecular weight excluding hydrogens is 349 g/mol. The van der Waals surface area contributed by atoms with Crippen molar-refractivity contribution in [3.05, 3.63) is 35.6 Å². The fourth-order valence-corrected chi connectivity index (χ4v) is 3.02. The van der Waals surface area contributed by atoms with Gasteiger partial charge in [-0.15, -0.1) is 12.4 Å². The molecule has 138 valence electrons. The van der Waals surface area contributed by atoms with Crippen LogP contribution in [0.4, 0.5) is 4.39 Å². The lowest BCUT2D eigenvalue weighted by molar-refractivity contribution is -0.133. The van der Waals surface area contributed by atoms with E-state index in [-0.39, 0.29) is 36.1 Å². The Morgan fingerprint density at radius 1 is 1.12 bits per heavy atom. The van der Waals surface area contributed by atoms with Gasteiger partial charge in [-0.3, -0.25) is 9.59 Å². The summed E-state index contributed by atoms with van der Waals surface area (Å²) in [6.45, 7) is 4.08. The number of rotatable bonds is 3. The molecule has 2 aliphatic rings. The molecule has 2 heterocycles. The van der Waals surface area contributed by atoms with E-state index < -0.39 is 0 Å². The van der Waals surface area contributed by atoms with Crippen molar-refractivity contribution < 1.29 is 18.7 Å². The molecule has 0 bridgehead atoms. The molecule has 1 atom stereocenters. The van der Waals surface area contributed by atoms with Crippen LogP contribution in [0.15, 0.2) is 24.3 Å². The quantitative estimate of drug-likeness (QED) is 0.858. The van der Waals surface area contributed by atoms with Gasteiger partial charge in [-0.25, -0.2) is 4.39 Å². The van der Waals surface area contributed by atoms with E-state index in [1.54, 1.807) is 9.80 Å². The smallest absolute Gasteiger partial charge is 0.253 e. The van der Waals surface area contributed by atoms with E-state index in [4.69, 9.17) is 4.74 Å². The largest absolute Gasteiger partial charge is 0.378 e. The maximum Gasteiger partial charge on any atom is 0.253 e. The summed E-state index contributed by atoms with van der Waals surface area (Å²) in [6, 6.07) is 5.62. The number of hydrogen-bond donors (Lipinski definition) is 1. The number of carbonyl (C=O) groups is 2. The molecule has 1 aromatic carbocycles. The summed E-state index contributed by atoms with van der Waals surface area (Å²) < 4.78 is 18.3. The normalized spacial score (nSPS) is 20.8. The highest BCUT2D eigenvalue weighted by atomic mass is 35.5. The fraction of sp³-hybridized carbons (Fsp3) is 0.529. The Bertz CT molecular complexity index is 585. The van der Waals surface area contributed by atoms with Crippen molar-refractivity contribution in [2.24, 2.45) is 0 Å². The monoisotopic (exact) mass is 371 g/mol. The van der Waals surface area contributed by atoms with E-state index in [2.05, 4.69) is 5.32 Å². The van der Waals surface area contributed by atoms with Crippen LogP contribution < -0.4 is 5.32 Å². The highest BCUT2D eigenvalue weighted by Crippen LogP contribution is 2.11. The standard InChI is InChI=1S/C17H22FN3O3.ClH/c18-14-3-1-13(2-4-14)17(23)21-8-6-20(7-9-21)16(22)11-15-12-24-10-5-19-15;/h1-4,15,19H,5-12H2;1H. The lowest BCUT2D eigenvalue weighted by atomic mass is 10.1. The SMILES string of the molecule is Cl.O=C(CC1COCCN1)N1CCN(C(=O)c2ccc(F)cc2)CC1. The Balaban J connectivity index is 0.00000225. The topological polar surface area (TPSA) is 61.9 Å². The number of hydrogen-bond acceptors (Lipinski definition) is 4. The van der Waals surface area contributed by atoms with Gasteiger partial charge >= 0.3 is 0 Å². The predicted octanol–water partition coefficient (Wildman–Crippen LogP) is 0.910. The molecule has 1 N–H and O–H groups in total. The summed E-state index contributed by atoms with van der Waals surface area (Å²) in [5, 5.41) is 3.27. The first-order valence-electron chi connectivity index (χ1n) is 8.27. The zero-order valence-corrected chi connectivity index (χ0v) is 14.8. The van der Waals surface area contributed by atoms with Gasteiger partial charge in [0.15, 0.2) is 0 Å². The number of carbonyl (C=O) groups excluding carboxylic acids is 2. The molecule has 2 aliphatic heterocycles. The van der Waals surface area contributed by atoms with Crippen molar-refractivity contribution in [3.63, 3.8) is 0 Å². The summed E-state index contributed by atoms with van der Waals surface area (Å²) >= 11 is 0. The highest BCUT2D eigenvalue weighted by molar-refractivity contribution is 5.94. The molecule has 2 fully saturated rings. The third-order valence-electron chi connectivity index (χ3n) is 4.43. The van der Waals surface area contributed by atoms with Crippen LogP contribution in [0.25, 0.3) is 0 Å². The van der Waals surface area contributed by atoms with Crippen LogP contribution in [0.3, 0.4) is 0 Å². The van der Waals surface area contributed by atoms with Crippen LogP contribution in [0.5, 0.6) is 0 Å². The number of halogens is 2. The van der Waals surface area contributed by atoms with Gasteiger partial charge < -0.3 is 19.9 Å². The van der Waals surface area contributed by atoms with E-state index in [1.807, 2.05) is 0 Å². The molecule has 0 aliphatic carbocycles. The molecule has 8 heteroatoms. The molecule has 0 aromatic heterocycles. The molecule has 0 saturated carbocycles. The van der Waals surface area contributed by atoms with Gasteiger partial charge in [-0.05, 0) is 24.3 Å². The maximum absolute atomic E-state index is 12.9. The lowest BCUT2D eigenvalue weighted by Gasteiger charge is -2.36. The third kappa shape index (κ3) is 5.14. The molecule has 2 saturated heterocycles. The second-order valence-corrected chi connectivity index (χ2v) is 6.11. The zero-order valence-electron chi connectivity index (χ0n) is 13.9. The number of nitrogens with zero attached hydrogens (tertiary/aromatic N) is 2. The van der Waals surface area contributed by atoms with Gasteiger partial charge in [0.2, 0.25) is 5.91 Å². The van der Waals surface area contributed by atoms with Crippen LogP contribution in [-0.2, 0) is 9.53 Å². The van der Waals surface area contributed by atoms with Crippen LogP contribution in [0.2, 0.25) is 0 Å². The second kappa shape index (κ2) is 9.12. The van der Waals surface area contributed by atoms with Crippen LogP contribution in [-0.4, -0.2) is 73.6 Å². The first-order chi connectivity index (χ1) is 11.6. The molecular formula is C17H23ClFN3O3. The van der Waals surface area contributed by atoms with E-state index in [0.717, 1.165) is 6.54 Å². The van der Waals surface area contributed by atoms with Crippen molar-refractivity contribution in [1.29, 1.82) is 0 Å². The van der Waals surface area contributed by atoms with E-state index in [1.165, 1.54) is 24.3 Å². The van der Waals surface area contributed by atoms with Gasteiger partial charge in [0, 0.05) is 50.7 Å². The summed E-state index contributed by atoms with van der Waals surface area (Å²) in [6.07, 6.45) is 0.423. The summed E-state index contributed by atoms with van der Waals surface area (Å²) in [5.41, 5.74) is 0.472. The Hall–Kier alpha value is -1.70. The van der Waals surface area contributed by atoms with Crippen LogP contribution in [0.1, 0.15) is 16.8 Å². The minimum absolute atomic E-state index is 0. The average molecular weight is 372 g/mol. The molecule has 3 rings (SSSR count). The van der Waals surface area contributed by atoms with Gasteiger partial charge in [0.25, 0.3) is 5.91 Å². The number of ether oxygens (including phenoxy) is 1. The van der Waals surface area contributed by atoms with E-state index >= 15 is 0 Å². The van der Waals surface area contributed by atoms with Crippen molar-refractivity contribution in [3.8, 4) is 0 Å². The van der Waals surface area contributed by atoms with Crippen LogP contribution >= 0.6 is 12.4 Å². The summed E-state index contributed by atoms with van der Waals surface area (Å²) in [4.78, 5) is 28.2. The predicted molar refractivity (Wildman–Crippen MR) is 93.4 cm³/mol. The summed E-state index contributed by atoms with van der Waals surface area (Å²) in [5.74, 6) is -0.390. The fourth-order valence-electron chi connectivity index (χ4n) is 3.02. The molecule has 25 heavy (non-hydrogen) atoms. The Kier molecular flexibility index (Phi) is 7.16. The number of piperazine rings is 1. The lowest BCUT2D eigenvalue weighted by Crippen LogP contribution is -2.52. The molecule has 6 nitrogen and oxygen atoms in total. The number of benzene rings is 1. The summed E-state index contributed by atoms with van der Waals surface area (Å²) in [7, 11) is 0. The minimum atomic E-state index is -0.359. The van der Waals surface area contributed by atoms with Crippen molar-refractivity contribution >= 4 is 24.2 Å².